The van der Waals surface area contributed by atoms with Gasteiger partial charge in [0.25, 0.3) is 0 Å². The van der Waals surface area contributed by atoms with E-state index in [1.807, 2.05) is 16.5 Å². The van der Waals surface area contributed by atoms with Crippen LogP contribution < -0.4 is 0 Å². The summed E-state index contributed by atoms with van der Waals surface area (Å²) in [4.78, 5) is 16.4. The van der Waals surface area contributed by atoms with E-state index in [1.54, 1.807) is 6.33 Å². The molecule has 4 rings (SSSR count). The Balaban J connectivity index is 1.24. The second kappa shape index (κ2) is 6.31. The molecule has 0 N–H and O–H groups in total. The Morgan fingerprint density at radius 2 is 2.04 bits per heavy atom. The van der Waals surface area contributed by atoms with Crippen molar-refractivity contribution in [2.24, 2.45) is 5.41 Å². The standard InChI is InChI=1S/C16H26N6O2/c1-2-24-15(23)21-8-5-16(11-21)9-14(10-16)20-6-3-13(4-7-20)22-12-17-18-19-22/h12-14H,2-11H2,1H3. The third-order valence-corrected chi connectivity index (χ3v) is 6.06. The summed E-state index contributed by atoms with van der Waals surface area (Å²) in [5, 5.41) is 11.5. The van der Waals surface area contributed by atoms with Crippen LogP contribution in [0.15, 0.2) is 6.33 Å². The van der Waals surface area contributed by atoms with E-state index in [0.717, 1.165) is 45.4 Å². The van der Waals surface area contributed by atoms with Crippen molar-refractivity contribution in [3.8, 4) is 0 Å². The van der Waals surface area contributed by atoms with Crippen molar-refractivity contribution in [2.45, 2.75) is 51.1 Å². The fraction of sp³-hybridized carbons (Fsp3) is 0.875. The zero-order valence-corrected chi connectivity index (χ0v) is 14.3. The van der Waals surface area contributed by atoms with Crippen molar-refractivity contribution in [2.75, 3.05) is 32.8 Å². The summed E-state index contributed by atoms with van der Waals surface area (Å²) in [6.45, 7) is 6.29. The zero-order valence-electron chi connectivity index (χ0n) is 14.3. The molecule has 1 spiro atoms. The highest BCUT2D eigenvalue weighted by Crippen LogP contribution is 2.50. The quantitative estimate of drug-likeness (QED) is 0.830. The lowest BCUT2D eigenvalue weighted by atomic mass is 9.64. The number of hydrogen-bond donors (Lipinski definition) is 0. The van der Waals surface area contributed by atoms with Gasteiger partial charge in [-0.1, -0.05) is 0 Å². The summed E-state index contributed by atoms with van der Waals surface area (Å²) in [6.07, 6.45) is 7.38. The van der Waals surface area contributed by atoms with Gasteiger partial charge in [-0.15, -0.1) is 5.10 Å². The molecule has 1 aromatic heterocycles. The first-order chi connectivity index (χ1) is 11.7. The minimum absolute atomic E-state index is 0.139. The minimum atomic E-state index is -0.139. The number of hydrogen-bond acceptors (Lipinski definition) is 6. The number of likely N-dealkylation sites (tertiary alicyclic amines) is 2. The Hall–Kier alpha value is -1.70. The highest BCUT2D eigenvalue weighted by Gasteiger charge is 2.51. The third-order valence-electron chi connectivity index (χ3n) is 6.06. The van der Waals surface area contributed by atoms with Crippen LogP contribution in [-0.2, 0) is 4.74 Å². The molecule has 0 aromatic carbocycles. The molecule has 1 aliphatic carbocycles. The SMILES string of the molecule is CCOC(=O)N1CCC2(CC(N3CCC(n4cnnn4)CC3)C2)C1. The van der Waals surface area contributed by atoms with Gasteiger partial charge in [-0.2, -0.15) is 0 Å². The minimum Gasteiger partial charge on any atom is -0.450 e. The van der Waals surface area contributed by atoms with Crippen molar-refractivity contribution < 1.29 is 9.53 Å². The molecule has 0 radical (unpaired) electrons. The number of amides is 1. The fourth-order valence-electron chi connectivity index (χ4n) is 4.69. The molecule has 3 heterocycles. The molecule has 0 unspecified atom stereocenters. The molecule has 1 aromatic rings. The first kappa shape index (κ1) is 15.8. The van der Waals surface area contributed by atoms with Crippen LogP contribution in [0.5, 0.6) is 0 Å². The van der Waals surface area contributed by atoms with Gasteiger partial charge in [0.1, 0.15) is 6.33 Å². The zero-order chi connectivity index (χ0) is 16.6. The van der Waals surface area contributed by atoms with Crippen molar-refractivity contribution in [3.63, 3.8) is 0 Å². The molecular weight excluding hydrogens is 308 g/mol. The van der Waals surface area contributed by atoms with Crippen LogP contribution >= 0.6 is 0 Å². The normalized spacial score (nSPS) is 31.4. The number of carbonyl (C=O) groups is 1. The summed E-state index contributed by atoms with van der Waals surface area (Å²) >= 11 is 0. The van der Waals surface area contributed by atoms with Crippen molar-refractivity contribution in [3.05, 3.63) is 6.33 Å². The number of ether oxygens (including phenoxy) is 1. The summed E-state index contributed by atoms with van der Waals surface area (Å²) in [5.74, 6) is 0. The van der Waals surface area contributed by atoms with Crippen LogP contribution in [0.4, 0.5) is 4.79 Å². The van der Waals surface area contributed by atoms with E-state index in [9.17, 15) is 4.79 Å². The molecule has 3 aliphatic rings. The highest BCUT2D eigenvalue weighted by molar-refractivity contribution is 5.68. The van der Waals surface area contributed by atoms with Crippen LogP contribution in [0.1, 0.15) is 45.1 Å². The molecule has 24 heavy (non-hydrogen) atoms. The maximum atomic E-state index is 11.9. The Morgan fingerprint density at radius 3 is 2.71 bits per heavy atom. The average molecular weight is 334 g/mol. The maximum absolute atomic E-state index is 11.9. The first-order valence-electron chi connectivity index (χ1n) is 9.07. The van der Waals surface area contributed by atoms with E-state index < -0.39 is 0 Å². The molecule has 1 amide bonds. The second-order valence-corrected chi connectivity index (χ2v) is 7.49. The second-order valence-electron chi connectivity index (χ2n) is 7.49. The Kier molecular flexibility index (Phi) is 4.15. The Morgan fingerprint density at radius 1 is 1.25 bits per heavy atom. The van der Waals surface area contributed by atoms with Crippen LogP contribution in [0.3, 0.4) is 0 Å². The van der Waals surface area contributed by atoms with Gasteiger partial charge in [-0.3, -0.25) is 0 Å². The van der Waals surface area contributed by atoms with Gasteiger partial charge in [0, 0.05) is 32.2 Å². The molecule has 132 valence electrons. The molecule has 3 fully saturated rings. The molecule has 8 heteroatoms. The van der Waals surface area contributed by atoms with Gasteiger partial charge in [-0.25, -0.2) is 9.48 Å². The summed E-state index contributed by atoms with van der Waals surface area (Å²) < 4.78 is 7.03. The van der Waals surface area contributed by atoms with E-state index in [-0.39, 0.29) is 6.09 Å². The molecular formula is C16H26N6O2. The van der Waals surface area contributed by atoms with E-state index >= 15 is 0 Å². The molecule has 8 nitrogen and oxygen atoms in total. The lowest BCUT2D eigenvalue weighted by Crippen LogP contribution is -2.54. The molecule has 1 saturated carbocycles. The van der Waals surface area contributed by atoms with Gasteiger partial charge in [-0.05, 0) is 54.9 Å². The Bertz CT molecular complexity index is 563. The number of carbonyl (C=O) groups excluding carboxylic acids is 1. The van der Waals surface area contributed by atoms with Gasteiger partial charge in [0.2, 0.25) is 0 Å². The largest absolute Gasteiger partial charge is 0.450 e. The van der Waals surface area contributed by atoms with Crippen molar-refractivity contribution in [1.82, 2.24) is 30.0 Å². The first-order valence-corrected chi connectivity index (χ1v) is 9.07. The molecule has 2 saturated heterocycles. The lowest BCUT2D eigenvalue weighted by molar-refractivity contribution is -0.00909. The molecule has 0 bridgehead atoms. The van der Waals surface area contributed by atoms with Crippen LogP contribution in [-0.4, -0.2) is 74.9 Å². The number of piperidine rings is 1. The van der Waals surface area contributed by atoms with E-state index in [2.05, 4.69) is 20.4 Å². The number of nitrogens with zero attached hydrogens (tertiary/aromatic N) is 6. The Labute approximate surface area is 142 Å². The summed E-state index contributed by atoms with van der Waals surface area (Å²) in [5.41, 5.74) is 0.351. The monoisotopic (exact) mass is 334 g/mol. The highest BCUT2D eigenvalue weighted by atomic mass is 16.6. The van der Waals surface area contributed by atoms with E-state index in [0.29, 0.717) is 24.1 Å². The maximum Gasteiger partial charge on any atom is 0.409 e. The van der Waals surface area contributed by atoms with Gasteiger partial charge >= 0.3 is 6.09 Å². The van der Waals surface area contributed by atoms with Crippen LogP contribution in [0.25, 0.3) is 0 Å². The smallest absolute Gasteiger partial charge is 0.409 e. The third kappa shape index (κ3) is 2.87. The van der Waals surface area contributed by atoms with Crippen LogP contribution in [0, 0.1) is 5.41 Å². The van der Waals surface area contributed by atoms with Crippen molar-refractivity contribution >= 4 is 6.09 Å². The fourth-order valence-corrected chi connectivity index (χ4v) is 4.69. The topological polar surface area (TPSA) is 76.4 Å². The van der Waals surface area contributed by atoms with Crippen molar-refractivity contribution in [1.29, 1.82) is 0 Å². The predicted octanol–water partition coefficient (Wildman–Crippen LogP) is 1.32. The molecule has 2 aliphatic heterocycles. The summed E-state index contributed by atoms with van der Waals surface area (Å²) in [7, 11) is 0. The summed E-state index contributed by atoms with van der Waals surface area (Å²) in [6, 6.07) is 1.12. The van der Waals surface area contributed by atoms with Gasteiger partial charge in [0.15, 0.2) is 0 Å². The predicted molar refractivity (Wildman–Crippen MR) is 86.3 cm³/mol. The van der Waals surface area contributed by atoms with Gasteiger partial charge in [0.05, 0.1) is 12.6 Å². The van der Waals surface area contributed by atoms with E-state index in [4.69, 9.17) is 4.74 Å². The number of rotatable bonds is 3. The van der Waals surface area contributed by atoms with E-state index in [1.165, 1.54) is 12.8 Å². The number of tetrazole rings is 1. The van der Waals surface area contributed by atoms with Crippen LogP contribution in [0.2, 0.25) is 0 Å². The average Bonchev–Trinajstić information content (AvgIpc) is 3.24. The lowest BCUT2D eigenvalue weighted by Gasteiger charge is -2.51. The van der Waals surface area contributed by atoms with Gasteiger partial charge < -0.3 is 14.5 Å². The molecule has 0 atom stereocenters. The number of aromatic nitrogens is 4.